The molecular formula is C13H20N2O3. The van der Waals surface area contributed by atoms with Gasteiger partial charge in [0.2, 0.25) is 0 Å². The van der Waals surface area contributed by atoms with Crippen LogP contribution in [0, 0.1) is 12.8 Å². The summed E-state index contributed by atoms with van der Waals surface area (Å²) in [6.07, 6.45) is 5.16. The highest BCUT2D eigenvalue weighted by Gasteiger charge is 2.26. The third kappa shape index (κ3) is 2.90. The number of nitrogens with zero attached hydrogens (tertiary/aromatic N) is 2. The summed E-state index contributed by atoms with van der Waals surface area (Å²) in [6.45, 7) is 2.58. The molecule has 18 heavy (non-hydrogen) atoms. The van der Waals surface area contributed by atoms with E-state index in [9.17, 15) is 4.79 Å². The van der Waals surface area contributed by atoms with Crippen molar-refractivity contribution in [3.63, 3.8) is 0 Å². The van der Waals surface area contributed by atoms with Crippen LogP contribution in [0.2, 0.25) is 0 Å². The van der Waals surface area contributed by atoms with E-state index in [0.29, 0.717) is 6.61 Å². The second-order valence-corrected chi connectivity index (χ2v) is 5.02. The standard InChI is InChI=1S/C13H20N2O3/c1-9-7-14-15(2)12(9)8-18-11-5-3-10(4-6-11)13(16)17/h7,10-11H,3-6,8H2,1-2H3,(H,16,17). The molecule has 1 aromatic rings. The highest BCUT2D eigenvalue weighted by molar-refractivity contribution is 5.70. The Bertz CT molecular complexity index is 400. The SMILES string of the molecule is Cc1cnn(C)c1COC1CCC(C(=O)O)CC1. The Hall–Kier alpha value is -1.36. The van der Waals surface area contributed by atoms with E-state index >= 15 is 0 Å². The molecule has 5 nitrogen and oxygen atoms in total. The van der Waals surface area contributed by atoms with Gasteiger partial charge in [0, 0.05) is 7.05 Å². The molecule has 0 bridgehead atoms. The van der Waals surface area contributed by atoms with Crippen molar-refractivity contribution in [1.82, 2.24) is 9.78 Å². The van der Waals surface area contributed by atoms with Gasteiger partial charge in [0.25, 0.3) is 0 Å². The average Bonchev–Trinajstić information content (AvgIpc) is 2.67. The second kappa shape index (κ2) is 5.52. The van der Waals surface area contributed by atoms with Crippen LogP contribution in [0.15, 0.2) is 6.20 Å². The van der Waals surface area contributed by atoms with Gasteiger partial charge < -0.3 is 9.84 Å². The number of aliphatic carboxylic acids is 1. The van der Waals surface area contributed by atoms with Gasteiger partial charge in [-0.05, 0) is 38.2 Å². The molecule has 0 radical (unpaired) electrons. The molecule has 2 rings (SSSR count). The van der Waals surface area contributed by atoms with E-state index in [1.54, 1.807) is 0 Å². The smallest absolute Gasteiger partial charge is 0.306 e. The monoisotopic (exact) mass is 252 g/mol. The zero-order valence-corrected chi connectivity index (χ0v) is 10.9. The molecule has 1 aliphatic rings. The van der Waals surface area contributed by atoms with Crippen molar-refractivity contribution in [3.8, 4) is 0 Å². The number of aromatic nitrogens is 2. The molecule has 0 atom stereocenters. The minimum atomic E-state index is -0.670. The van der Waals surface area contributed by atoms with Crippen molar-refractivity contribution in [2.75, 3.05) is 0 Å². The molecule has 1 aliphatic carbocycles. The van der Waals surface area contributed by atoms with Crippen LogP contribution in [0.3, 0.4) is 0 Å². The van der Waals surface area contributed by atoms with Crippen LogP contribution in [0.1, 0.15) is 36.9 Å². The number of hydrogen-bond donors (Lipinski definition) is 1. The average molecular weight is 252 g/mol. The van der Waals surface area contributed by atoms with Gasteiger partial charge in [-0.15, -0.1) is 0 Å². The quantitative estimate of drug-likeness (QED) is 0.888. The molecule has 0 aromatic carbocycles. The summed E-state index contributed by atoms with van der Waals surface area (Å²) in [7, 11) is 1.91. The first-order valence-corrected chi connectivity index (χ1v) is 6.40. The van der Waals surface area contributed by atoms with Crippen molar-refractivity contribution in [3.05, 3.63) is 17.5 Å². The van der Waals surface area contributed by atoms with Crippen LogP contribution >= 0.6 is 0 Å². The molecule has 1 N–H and O–H groups in total. The maximum Gasteiger partial charge on any atom is 0.306 e. The first-order chi connectivity index (χ1) is 8.58. The van der Waals surface area contributed by atoms with Crippen molar-refractivity contribution < 1.29 is 14.6 Å². The highest BCUT2D eigenvalue weighted by atomic mass is 16.5. The van der Waals surface area contributed by atoms with Gasteiger partial charge in [-0.2, -0.15) is 5.10 Å². The minimum Gasteiger partial charge on any atom is -0.481 e. The molecule has 100 valence electrons. The molecule has 1 heterocycles. The second-order valence-electron chi connectivity index (χ2n) is 5.02. The van der Waals surface area contributed by atoms with E-state index in [-0.39, 0.29) is 12.0 Å². The summed E-state index contributed by atoms with van der Waals surface area (Å²) in [5, 5.41) is 13.1. The van der Waals surface area contributed by atoms with E-state index in [2.05, 4.69) is 5.10 Å². The van der Waals surface area contributed by atoms with Crippen LogP contribution in [0.5, 0.6) is 0 Å². The Kier molecular flexibility index (Phi) is 4.01. The lowest BCUT2D eigenvalue weighted by Crippen LogP contribution is -2.26. The number of carboxylic acids is 1. The zero-order valence-electron chi connectivity index (χ0n) is 10.9. The van der Waals surface area contributed by atoms with Crippen LogP contribution in [0.4, 0.5) is 0 Å². The molecule has 0 amide bonds. The maximum atomic E-state index is 10.8. The van der Waals surface area contributed by atoms with E-state index in [1.807, 2.05) is 24.9 Å². The molecule has 5 heteroatoms. The van der Waals surface area contributed by atoms with Gasteiger partial charge in [0.05, 0.1) is 30.5 Å². The predicted molar refractivity (Wildman–Crippen MR) is 66.1 cm³/mol. The van der Waals surface area contributed by atoms with Crippen LogP contribution < -0.4 is 0 Å². The maximum absolute atomic E-state index is 10.8. The van der Waals surface area contributed by atoms with Gasteiger partial charge >= 0.3 is 5.97 Å². The lowest BCUT2D eigenvalue weighted by atomic mass is 9.87. The number of rotatable bonds is 4. The summed E-state index contributed by atoms with van der Waals surface area (Å²) in [5.41, 5.74) is 2.23. The van der Waals surface area contributed by atoms with Gasteiger partial charge in [-0.25, -0.2) is 0 Å². The largest absolute Gasteiger partial charge is 0.481 e. The summed E-state index contributed by atoms with van der Waals surface area (Å²) < 4.78 is 7.69. The predicted octanol–water partition coefficient (Wildman–Crippen LogP) is 1.89. The zero-order chi connectivity index (χ0) is 13.1. The Labute approximate surface area is 107 Å². The topological polar surface area (TPSA) is 64.4 Å². The van der Waals surface area contributed by atoms with Crippen molar-refractivity contribution in [1.29, 1.82) is 0 Å². The summed E-state index contributed by atoms with van der Waals surface area (Å²) in [6, 6.07) is 0. The number of hydrogen-bond acceptors (Lipinski definition) is 3. The van der Waals surface area contributed by atoms with E-state index in [0.717, 1.165) is 36.9 Å². The molecule has 0 aliphatic heterocycles. The molecule has 1 aromatic heterocycles. The fourth-order valence-corrected chi connectivity index (χ4v) is 2.45. The number of carbonyl (C=O) groups is 1. The summed E-state index contributed by atoms with van der Waals surface area (Å²) >= 11 is 0. The lowest BCUT2D eigenvalue weighted by Gasteiger charge is -2.26. The van der Waals surface area contributed by atoms with Gasteiger partial charge in [0.15, 0.2) is 0 Å². The summed E-state index contributed by atoms with van der Waals surface area (Å²) in [4.78, 5) is 10.8. The fraction of sp³-hybridized carbons (Fsp3) is 0.692. The first kappa shape index (κ1) is 13.1. The minimum absolute atomic E-state index is 0.178. The highest BCUT2D eigenvalue weighted by Crippen LogP contribution is 2.27. The Morgan fingerprint density at radius 1 is 1.50 bits per heavy atom. The number of ether oxygens (including phenoxy) is 1. The van der Waals surface area contributed by atoms with Crippen LogP contribution in [-0.4, -0.2) is 27.0 Å². The Balaban J connectivity index is 1.81. The molecule has 0 spiro atoms. The lowest BCUT2D eigenvalue weighted by molar-refractivity contribution is -0.143. The van der Waals surface area contributed by atoms with E-state index in [1.165, 1.54) is 0 Å². The van der Waals surface area contributed by atoms with E-state index < -0.39 is 5.97 Å². The molecular weight excluding hydrogens is 232 g/mol. The first-order valence-electron chi connectivity index (χ1n) is 6.40. The van der Waals surface area contributed by atoms with Gasteiger partial charge in [-0.1, -0.05) is 0 Å². The molecule has 1 saturated carbocycles. The molecule has 0 unspecified atom stereocenters. The fourth-order valence-electron chi connectivity index (χ4n) is 2.45. The van der Waals surface area contributed by atoms with Crippen LogP contribution in [0.25, 0.3) is 0 Å². The van der Waals surface area contributed by atoms with Crippen molar-refractivity contribution >= 4 is 5.97 Å². The third-order valence-corrected chi connectivity index (χ3v) is 3.75. The van der Waals surface area contributed by atoms with Crippen LogP contribution in [-0.2, 0) is 23.2 Å². The Morgan fingerprint density at radius 3 is 2.67 bits per heavy atom. The van der Waals surface area contributed by atoms with Gasteiger partial charge in [0.1, 0.15) is 0 Å². The molecule has 0 saturated heterocycles. The van der Waals surface area contributed by atoms with Crippen molar-refractivity contribution in [2.24, 2.45) is 13.0 Å². The summed E-state index contributed by atoms with van der Waals surface area (Å²) in [5.74, 6) is -0.848. The third-order valence-electron chi connectivity index (χ3n) is 3.75. The van der Waals surface area contributed by atoms with Crippen molar-refractivity contribution in [2.45, 2.75) is 45.3 Å². The van der Waals surface area contributed by atoms with Gasteiger partial charge in [-0.3, -0.25) is 9.48 Å². The normalized spacial score (nSPS) is 24.1. The Morgan fingerprint density at radius 2 is 2.17 bits per heavy atom. The van der Waals surface area contributed by atoms with E-state index in [4.69, 9.17) is 9.84 Å². The number of aryl methyl sites for hydroxylation is 2. The molecule has 1 fully saturated rings. The number of carboxylic acid groups (broad SMARTS) is 1.